The standard InChI is InChI=1S/C14H20N2O3/c1-19-10-11-3-2-6-16(8-11)9-13-5-4-12(7-15-13)14(17)18/h4-5,7,11H,2-3,6,8-10H2,1H3,(H,17,18). The lowest BCUT2D eigenvalue weighted by molar-refractivity contribution is 0.0696. The quantitative estimate of drug-likeness (QED) is 0.876. The number of nitrogens with zero attached hydrogens (tertiary/aromatic N) is 2. The summed E-state index contributed by atoms with van der Waals surface area (Å²) < 4.78 is 5.21. The van der Waals surface area contributed by atoms with E-state index < -0.39 is 5.97 Å². The first kappa shape index (κ1) is 14.0. The summed E-state index contributed by atoms with van der Waals surface area (Å²) in [6.07, 6.45) is 3.82. The number of piperidine rings is 1. The van der Waals surface area contributed by atoms with Crippen LogP contribution in [0.3, 0.4) is 0 Å². The summed E-state index contributed by atoms with van der Waals surface area (Å²) in [5, 5.41) is 8.83. The van der Waals surface area contributed by atoms with Crippen molar-refractivity contribution in [3.63, 3.8) is 0 Å². The predicted molar refractivity (Wildman–Crippen MR) is 71.1 cm³/mol. The third-order valence-corrected chi connectivity index (χ3v) is 3.46. The molecule has 0 bridgehead atoms. The van der Waals surface area contributed by atoms with Crippen molar-refractivity contribution in [2.75, 3.05) is 26.8 Å². The lowest BCUT2D eigenvalue weighted by atomic mass is 9.99. The minimum atomic E-state index is -0.933. The van der Waals surface area contributed by atoms with Crippen molar-refractivity contribution < 1.29 is 14.6 Å². The molecule has 1 saturated heterocycles. The summed E-state index contributed by atoms with van der Waals surface area (Å²) in [4.78, 5) is 17.3. The molecule has 2 rings (SSSR count). The number of aromatic carboxylic acids is 1. The summed E-state index contributed by atoms with van der Waals surface area (Å²) in [6.45, 7) is 3.68. The molecule has 1 aliphatic heterocycles. The average molecular weight is 264 g/mol. The molecule has 1 fully saturated rings. The number of ether oxygens (including phenoxy) is 1. The number of carboxylic acids is 1. The van der Waals surface area contributed by atoms with Crippen molar-refractivity contribution in [1.82, 2.24) is 9.88 Å². The molecule has 1 unspecified atom stereocenters. The number of likely N-dealkylation sites (tertiary alicyclic amines) is 1. The lowest BCUT2D eigenvalue weighted by Gasteiger charge is -2.32. The summed E-state index contributed by atoms with van der Waals surface area (Å²) in [6, 6.07) is 3.41. The molecule has 0 aromatic carbocycles. The van der Waals surface area contributed by atoms with Gasteiger partial charge in [0, 0.05) is 26.4 Å². The van der Waals surface area contributed by atoms with E-state index in [1.54, 1.807) is 19.2 Å². The van der Waals surface area contributed by atoms with Gasteiger partial charge in [-0.1, -0.05) is 0 Å². The molecule has 1 aliphatic rings. The second kappa shape index (κ2) is 6.63. The zero-order valence-corrected chi connectivity index (χ0v) is 11.2. The van der Waals surface area contributed by atoms with E-state index in [4.69, 9.17) is 9.84 Å². The van der Waals surface area contributed by atoms with Crippen LogP contribution in [0.15, 0.2) is 18.3 Å². The van der Waals surface area contributed by atoms with Crippen LogP contribution in [0.5, 0.6) is 0 Å². The molecule has 0 aliphatic carbocycles. The highest BCUT2D eigenvalue weighted by atomic mass is 16.5. The van der Waals surface area contributed by atoms with Gasteiger partial charge in [0.1, 0.15) is 0 Å². The van der Waals surface area contributed by atoms with Crippen molar-refractivity contribution in [3.8, 4) is 0 Å². The van der Waals surface area contributed by atoms with Gasteiger partial charge in [-0.3, -0.25) is 9.88 Å². The fourth-order valence-corrected chi connectivity index (χ4v) is 2.54. The van der Waals surface area contributed by atoms with E-state index in [0.29, 0.717) is 5.92 Å². The lowest BCUT2D eigenvalue weighted by Crippen LogP contribution is -2.36. The van der Waals surface area contributed by atoms with Gasteiger partial charge < -0.3 is 9.84 Å². The number of rotatable bonds is 5. The Morgan fingerprint density at radius 2 is 2.42 bits per heavy atom. The molecule has 1 aromatic heterocycles. The van der Waals surface area contributed by atoms with E-state index in [9.17, 15) is 4.79 Å². The number of hydrogen-bond donors (Lipinski definition) is 1. The minimum Gasteiger partial charge on any atom is -0.478 e. The van der Waals surface area contributed by atoms with Crippen LogP contribution in [0, 0.1) is 5.92 Å². The normalized spacial score (nSPS) is 20.4. The van der Waals surface area contributed by atoms with Crippen LogP contribution in [0.25, 0.3) is 0 Å². The van der Waals surface area contributed by atoms with E-state index in [1.165, 1.54) is 19.0 Å². The van der Waals surface area contributed by atoms with Crippen LogP contribution >= 0.6 is 0 Å². The Bertz CT molecular complexity index is 417. The second-order valence-electron chi connectivity index (χ2n) is 5.04. The number of pyridine rings is 1. The summed E-state index contributed by atoms with van der Waals surface area (Å²) in [5.41, 5.74) is 1.16. The maximum Gasteiger partial charge on any atom is 0.337 e. The Balaban J connectivity index is 1.91. The summed E-state index contributed by atoms with van der Waals surface area (Å²) >= 11 is 0. The molecule has 2 heterocycles. The monoisotopic (exact) mass is 264 g/mol. The van der Waals surface area contributed by atoms with Gasteiger partial charge in [0.15, 0.2) is 0 Å². The Hall–Kier alpha value is -1.46. The van der Waals surface area contributed by atoms with E-state index in [0.717, 1.165) is 31.9 Å². The van der Waals surface area contributed by atoms with Crippen molar-refractivity contribution in [2.24, 2.45) is 5.92 Å². The van der Waals surface area contributed by atoms with Gasteiger partial charge in [-0.15, -0.1) is 0 Å². The molecule has 1 N–H and O–H groups in total. The van der Waals surface area contributed by atoms with E-state index in [2.05, 4.69) is 9.88 Å². The summed E-state index contributed by atoms with van der Waals surface area (Å²) in [7, 11) is 1.74. The molecule has 5 nitrogen and oxygen atoms in total. The van der Waals surface area contributed by atoms with E-state index in [1.807, 2.05) is 0 Å². The second-order valence-corrected chi connectivity index (χ2v) is 5.04. The molecule has 19 heavy (non-hydrogen) atoms. The largest absolute Gasteiger partial charge is 0.478 e. The van der Waals surface area contributed by atoms with Crippen molar-refractivity contribution in [3.05, 3.63) is 29.6 Å². The zero-order chi connectivity index (χ0) is 13.7. The smallest absolute Gasteiger partial charge is 0.337 e. The first-order valence-electron chi connectivity index (χ1n) is 6.58. The maximum atomic E-state index is 10.8. The molecule has 5 heteroatoms. The fraction of sp³-hybridized carbons (Fsp3) is 0.571. The van der Waals surface area contributed by atoms with Crippen LogP contribution < -0.4 is 0 Å². The molecular formula is C14H20N2O3. The highest BCUT2D eigenvalue weighted by Gasteiger charge is 2.20. The van der Waals surface area contributed by atoms with Gasteiger partial charge in [-0.2, -0.15) is 0 Å². The van der Waals surface area contributed by atoms with Gasteiger partial charge in [-0.25, -0.2) is 4.79 Å². The first-order valence-corrected chi connectivity index (χ1v) is 6.58. The van der Waals surface area contributed by atoms with Gasteiger partial charge in [-0.05, 0) is 37.4 Å². The van der Waals surface area contributed by atoms with Crippen LogP contribution in [0.2, 0.25) is 0 Å². The van der Waals surface area contributed by atoms with E-state index in [-0.39, 0.29) is 5.56 Å². The molecule has 1 aromatic rings. The molecule has 0 saturated carbocycles. The van der Waals surface area contributed by atoms with Crippen LogP contribution in [-0.2, 0) is 11.3 Å². The Morgan fingerprint density at radius 3 is 3.05 bits per heavy atom. The third kappa shape index (κ3) is 4.01. The number of aromatic nitrogens is 1. The highest BCUT2D eigenvalue weighted by molar-refractivity contribution is 5.87. The van der Waals surface area contributed by atoms with Crippen molar-refractivity contribution >= 4 is 5.97 Å². The molecule has 0 amide bonds. The van der Waals surface area contributed by atoms with Crippen LogP contribution in [0.4, 0.5) is 0 Å². The highest BCUT2D eigenvalue weighted by Crippen LogP contribution is 2.18. The topological polar surface area (TPSA) is 62.7 Å². The van der Waals surface area contributed by atoms with Crippen molar-refractivity contribution in [1.29, 1.82) is 0 Å². The summed E-state index contributed by atoms with van der Waals surface area (Å²) in [5.74, 6) is -0.339. The SMILES string of the molecule is COCC1CCCN(Cc2ccc(C(=O)O)cn2)C1. The van der Waals surface area contributed by atoms with Gasteiger partial charge in [0.25, 0.3) is 0 Å². The molecule has 0 spiro atoms. The Morgan fingerprint density at radius 1 is 1.58 bits per heavy atom. The van der Waals surface area contributed by atoms with Crippen molar-refractivity contribution in [2.45, 2.75) is 19.4 Å². The van der Waals surface area contributed by atoms with Gasteiger partial charge in [0.2, 0.25) is 0 Å². The number of methoxy groups -OCH3 is 1. The number of carboxylic acid groups (broad SMARTS) is 1. The number of hydrogen-bond acceptors (Lipinski definition) is 4. The third-order valence-electron chi connectivity index (χ3n) is 3.46. The zero-order valence-electron chi connectivity index (χ0n) is 11.2. The van der Waals surface area contributed by atoms with Crippen LogP contribution in [0.1, 0.15) is 28.9 Å². The van der Waals surface area contributed by atoms with Gasteiger partial charge in [0.05, 0.1) is 17.9 Å². The number of carbonyl (C=O) groups is 1. The predicted octanol–water partition coefficient (Wildman–Crippen LogP) is 1.64. The van der Waals surface area contributed by atoms with E-state index >= 15 is 0 Å². The average Bonchev–Trinajstić information content (AvgIpc) is 2.40. The van der Waals surface area contributed by atoms with Crippen LogP contribution in [-0.4, -0.2) is 47.8 Å². The fourth-order valence-electron chi connectivity index (χ4n) is 2.54. The minimum absolute atomic E-state index is 0.236. The molecule has 104 valence electrons. The van der Waals surface area contributed by atoms with Gasteiger partial charge >= 0.3 is 5.97 Å². The first-order chi connectivity index (χ1) is 9.19. The Kier molecular flexibility index (Phi) is 4.87. The Labute approximate surface area is 113 Å². The molecule has 1 atom stereocenters. The molecular weight excluding hydrogens is 244 g/mol. The molecule has 0 radical (unpaired) electrons. The maximum absolute atomic E-state index is 10.8.